The van der Waals surface area contributed by atoms with Crippen LogP contribution in [0.2, 0.25) is 0 Å². The highest BCUT2D eigenvalue weighted by Crippen LogP contribution is 2.26. The van der Waals surface area contributed by atoms with Crippen LogP contribution in [0.25, 0.3) is 0 Å². The van der Waals surface area contributed by atoms with Gasteiger partial charge in [0.25, 0.3) is 0 Å². The third-order valence-electron chi connectivity index (χ3n) is 3.64. The number of rotatable bonds is 10. The molecule has 0 amide bonds. The summed E-state index contributed by atoms with van der Waals surface area (Å²) in [6.07, 6.45) is 8.12. The minimum atomic E-state index is 0.748. The molecule has 1 atom stereocenters. The molecule has 0 aromatic heterocycles. The molecule has 0 radical (unpaired) electrons. The number of hydrogen-bond donors (Lipinski definition) is 1. The zero-order valence-electron chi connectivity index (χ0n) is 11.5. The Balaban J connectivity index is 2.06. The number of nitrogens with one attached hydrogen (secondary N) is 1. The molecule has 1 fully saturated rings. The molecular formula is C14H30N2. The first-order valence-electron chi connectivity index (χ1n) is 7.29. The second kappa shape index (κ2) is 8.08. The Morgan fingerprint density at radius 3 is 2.50 bits per heavy atom. The maximum Gasteiger partial charge on any atom is 0.00963 e. The van der Waals surface area contributed by atoms with Gasteiger partial charge in [-0.3, -0.25) is 0 Å². The van der Waals surface area contributed by atoms with Gasteiger partial charge in [0.1, 0.15) is 0 Å². The standard InChI is InChI=1S/C14H30N2/c1-4-11-15-13(5-2)8-7-12-16(6-3)14-9-10-14/h13-15H,4-12H2,1-3H3. The summed E-state index contributed by atoms with van der Waals surface area (Å²) in [5.74, 6) is 0. The highest BCUT2D eigenvalue weighted by Gasteiger charge is 2.27. The third-order valence-corrected chi connectivity index (χ3v) is 3.64. The smallest absolute Gasteiger partial charge is 0.00963 e. The van der Waals surface area contributed by atoms with Crippen LogP contribution in [-0.4, -0.2) is 36.6 Å². The molecule has 1 aliphatic carbocycles. The van der Waals surface area contributed by atoms with Crippen LogP contribution in [0.4, 0.5) is 0 Å². The van der Waals surface area contributed by atoms with Crippen molar-refractivity contribution in [3.63, 3.8) is 0 Å². The third kappa shape index (κ3) is 5.31. The maximum atomic E-state index is 3.64. The lowest BCUT2D eigenvalue weighted by Gasteiger charge is -2.22. The number of hydrogen-bond acceptors (Lipinski definition) is 2. The molecule has 0 aliphatic heterocycles. The molecule has 1 aliphatic rings. The van der Waals surface area contributed by atoms with E-state index in [1.54, 1.807) is 0 Å². The lowest BCUT2D eigenvalue weighted by molar-refractivity contribution is 0.265. The minimum Gasteiger partial charge on any atom is -0.314 e. The molecule has 2 nitrogen and oxygen atoms in total. The molecule has 2 heteroatoms. The molecule has 1 unspecified atom stereocenters. The zero-order valence-corrected chi connectivity index (χ0v) is 11.5. The molecule has 1 rings (SSSR count). The molecule has 1 N–H and O–H groups in total. The van der Waals surface area contributed by atoms with Crippen molar-refractivity contribution in [2.75, 3.05) is 19.6 Å². The Morgan fingerprint density at radius 1 is 1.25 bits per heavy atom. The summed E-state index contributed by atoms with van der Waals surface area (Å²) < 4.78 is 0. The van der Waals surface area contributed by atoms with Gasteiger partial charge in [-0.05, 0) is 58.2 Å². The molecule has 96 valence electrons. The fraction of sp³-hybridized carbons (Fsp3) is 1.00. The first kappa shape index (κ1) is 14.0. The Morgan fingerprint density at radius 2 is 2.00 bits per heavy atom. The lowest BCUT2D eigenvalue weighted by Crippen LogP contribution is -2.31. The van der Waals surface area contributed by atoms with Crippen molar-refractivity contribution in [1.82, 2.24) is 10.2 Å². The quantitative estimate of drug-likeness (QED) is 0.616. The van der Waals surface area contributed by atoms with Gasteiger partial charge >= 0.3 is 0 Å². The largest absolute Gasteiger partial charge is 0.314 e. The SMILES string of the molecule is CCCNC(CC)CCCN(CC)C1CC1. The Kier molecular flexibility index (Phi) is 7.06. The van der Waals surface area contributed by atoms with Gasteiger partial charge in [0.15, 0.2) is 0 Å². The van der Waals surface area contributed by atoms with Gasteiger partial charge in [0.2, 0.25) is 0 Å². The van der Waals surface area contributed by atoms with E-state index >= 15 is 0 Å². The van der Waals surface area contributed by atoms with Crippen LogP contribution in [0.15, 0.2) is 0 Å². The van der Waals surface area contributed by atoms with E-state index in [4.69, 9.17) is 0 Å². The van der Waals surface area contributed by atoms with Gasteiger partial charge < -0.3 is 10.2 Å². The van der Waals surface area contributed by atoms with E-state index in [2.05, 4.69) is 31.0 Å². The van der Waals surface area contributed by atoms with Gasteiger partial charge in [0.05, 0.1) is 0 Å². The van der Waals surface area contributed by atoms with Crippen molar-refractivity contribution < 1.29 is 0 Å². The molecule has 16 heavy (non-hydrogen) atoms. The summed E-state index contributed by atoms with van der Waals surface area (Å²) in [7, 11) is 0. The van der Waals surface area contributed by atoms with Crippen molar-refractivity contribution >= 4 is 0 Å². The summed E-state index contributed by atoms with van der Waals surface area (Å²) in [5, 5.41) is 3.64. The van der Waals surface area contributed by atoms with Gasteiger partial charge in [0, 0.05) is 12.1 Å². The molecule has 1 saturated carbocycles. The molecule has 0 aromatic rings. The summed E-state index contributed by atoms with van der Waals surface area (Å²) in [6, 6.07) is 1.69. The van der Waals surface area contributed by atoms with Crippen LogP contribution in [-0.2, 0) is 0 Å². The Labute approximate surface area is 102 Å². The van der Waals surface area contributed by atoms with Crippen molar-refractivity contribution in [3.05, 3.63) is 0 Å². The van der Waals surface area contributed by atoms with Gasteiger partial charge in [-0.1, -0.05) is 20.8 Å². The normalized spacial score (nSPS) is 18.0. The van der Waals surface area contributed by atoms with E-state index in [1.807, 2.05) is 0 Å². The highest BCUT2D eigenvalue weighted by molar-refractivity contribution is 4.83. The Hall–Kier alpha value is -0.0800. The molecule has 0 bridgehead atoms. The first-order valence-corrected chi connectivity index (χ1v) is 7.29. The molecular weight excluding hydrogens is 196 g/mol. The lowest BCUT2D eigenvalue weighted by atomic mass is 10.1. The monoisotopic (exact) mass is 226 g/mol. The second-order valence-electron chi connectivity index (χ2n) is 5.06. The first-order chi connectivity index (χ1) is 7.81. The van der Waals surface area contributed by atoms with Crippen LogP contribution in [0.1, 0.15) is 59.3 Å². The molecule has 0 saturated heterocycles. The van der Waals surface area contributed by atoms with E-state index in [1.165, 1.54) is 58.2 Å². The molecule has 0 spiro atoms. The fourth-order valence-corrected chi connectivity index (χ4v) is 2.38. The van der Waals surface area contributed by atoms with Crippen LogP contribution in [0.5, 0.6) is 0 Å². The zero-order chi connectivity index (χ0) is 11.8. The topological polar surface area (TPSA) is 15.3 Å². The summed E-state index contributed by atoms with van der Waals surface area (Å²) in [6.45, 7) is 10.6. The number of nitrogens with zero attached hydrogens (tertiary/aromatic N) is 1. The van der Waals surface area contributed by atoms with Crippen LogP contribution in [0, 0.1) is 0 Å². The van der Waals surface area contributed by atoms with Crippen molar-refractivity contribution in [2.24, 2.45) is 0 Å². The van der Waals surface area contributed by atoms with E-state index in [9.17, 15) is 0 Å². The van der Waals surface area contributed by atoms with Crippen molar-refractivity contribution in [3.8, 4) is 0 Å². The summed E-state index contributed by atoms with van der Waals surface area (Å²) >= 11 is 0. The van der Waals surface area contributed by atoms with Crippen LogP contribution >= 0.6 is 0 Å². The predicted octanol–water partition coefficient (Wildman–Crippen LogP) is 3.03. The molecule has 0 aromatic carbocycles. The van der Waals surface area contributed by atoms with Crippen molar-refractivity contribution in [1.29, 1.82) is 0 Å². The average Bonchev–Trinajstić information content (AvgIpc) is 3.12. The fourth-order valence-electron chi connectivity index (χ4n) is 2.38. The maximum absolute atomic E-state index is 3.64. The van der Waals surface area contributed by atoms with Crippen LogP contribution < -0.4 is 5.32 Å². The van der Waals surface area contributed by atoms with Gasteiger partial charge in [-0.25, -0.2) is 0 Å². The Bertz CT molecular complexity index is 166. The van der Waals surface area contributed by atoms with E-state index < -0.39 is 0 Å². The average molecular weight is 226 g/mol. The van der Waals surface area contributed by atoms with Gasteiger partial charge in [-0.15, -0.1) is 0 Å². The molecule has 0 heterocycles. The van der Waals surface area contributed by atoms with Gasteiger partial charge in [-0.2, -0.15) is 0 Å². The van der Waals surface area contributed by atoms with E-state index in [-0.39, 0.29) is 0 Å². The summed E-state index contributed by atoms with van der Waals surface area (Å²) in [5.41, 5.74) is 0. The van der Waals surface area contributed by atoms with E-state index in [0.717, 1.165) is 12.1 Å². The highest BCUT2D eigenvalue weighted by atomic mass is 15.2. The van der Waals surface area contributed by atoms with Crippen LogP contribution in [0.3, 0.4) is 0 Å². The predicted molar refractivity (Wildman–Crippen MR) is 71.9 cm³/mol. The minimum absolute atomic E-state index is 0.748. The summed E-state index contributed by atoms with van der Waals surface area (Å²) in [4.78, 5) is 2.66. The second-order valence-corrected chi connectivity index (χ2v) is 5.06. The van der Waals surface area contributed by atoms with E-state index in [0.29, 0.717) is 0 Å². The van der Waals surface area contributed by atoms with Crippen molar-refractivity contribution in [2.45, 2.75) is 71.4 Å².